The lowest BCUT2D eigenvalue weighted by Crippen LogP contribution is -2.48. The van der Waals surface area contributed by atoms with Crippen LogP contribution in [-0.4, -0.2) is 67.0 Å². The maximum atomic E-state index is 13.3. The van der Waals surface area contributed by atoms with E-state index in [4.69, 9.17) is 9.72 Å². The summed E-state index contributed by atoms with van der Waals surface area (Å²) < 4.78 is 5.50. The second kappa shape index (κ2) is 10.7. The van der Waals surface area contributed by atoms with Crippen molar-refractivity contribution in [3.63, 3.8) is 0 Å². The molecule has 1 atom stereocenters. The Morgan fingerprint density at radius 1 is 1.20 bits per heavy atom. The third-order valence-electron chi connectivity index (χ3n) is 7.33. The molecule has 2 aliphatic rings. The molecule has 1 aromatic carbocycles. The number of fused-ring (bicyclic) bond motifs is 1. The second-order valence-corrected chi connectivity index (χ2v) is 12.3. The number of carbonyl (C=O) groups excluding carboxylic acids is 1. The average Bonchev–Trinajstić information content (AvgIpc) is 3.51. The number of amides is 1. The number of aromatic nitrogens is 6. The van der Waals surface area contributed by atoms with Crippen LogP contribution in [0.4, 0.5) is 11.6 Å². The van der Waals surface area contributed by atoms with Crippen molar-refractivity contribution < 1.29 is 9.53 Å². The average molecular weight is 560 g/mol. The molecule has 5 heterocycles. The van der Waals surface area contributed by atoms with E-state index < -0.39 is 0 Å². The summed E-state index contributed by atoms with van der Waals surface area (Å²) in [7, 11) is 0. The van der Waals surface area contributed by atoms with Gasteiger partial charge in [-0.25, -0.2) is 9.97 Å². The van der Waals surface area contributed by atoms with Gasteiger partial charge in [-0.2, -0.15) is 5.10 Å². The highest BCUT2D eigenvalue weighted by molar-refractivity contribution is 7.13. The molecule has 11 nitrogen and oxygen atoms in total. The van der Waals surface area contributed by atoms with E-state index in [1.807, 2.05) is 13.0 Å². The molecule has 0 radical (unpaired) electrons. The number of hydrogen-bond donors (Lipinski definition) is 3. The van der Waals surface area contributed by atoms with Gasteiger partial charge in [0.15, 0.2) is 0 Å². The molecule has 3 N–H and O–H groups in total. The maximum Gasteiger partial charge on any atom is 0.282 e. The van der Waals surface area contributed by atoms with E-state index in [9.17, 15) is 4.79 Å². The van der Waals surface area contributed by atoms with E-state index in [1.54, 1.807) is 12.4 Å². The number of nitrogens with zero attached hydrogens (tertiary/aromatic N) is 6. The number of rotatable bonds is 6. The maximum absolute atomic E-state index is 13.3. The molecule has 208 valence electrons. The monoisotopic (exact) mass is 559 g/mol. The Kier molecular flexibility index (Phi) is 7.07. The van der Waals surface area contributed by atoms with E-state index in [0.29, 0.717) is 17.0 Å². The van der Waals surface area contributed by atoms with Crippen LogP contribution in [0.5, 0.6) is 0 Å². The Morgan fingerprint density at radius 3 is 2.75 bits per heavy atom. The molecule has 12 heteroatoms. The van der Waals surface area contributed by atoms with Gasteiger partial charge in [-0.15, -0.1) is 10.2 Å². The molecule has 3 aromatic heterocycles. The minimum absolute atomic E-state index is 0.142. The molecule has 1 fully saturated rings. The standard InChI is InChI=1S/C28H33N9O2S/c1-16-23(12-30-34-16)33-27-29-9-7-21(32-27)17-5-6-20-18(11-17)13-37(19-14-39-15-19)10-8-22(20)31-24(38)25-35-36-26(40-25)28(2,3)4/h5-7,9,11-12,19,22H,8,10,13-15H2,1-4H3,(H,30,34)(H,31,38)(H,29,32,33)/t22-/m1/s1. The Labute approximate surface area is 236 Å². The van der Waals surface area contributed by atoms with Gasteiger partial charge in [-0.1, -0.05) is 44.2 Å². The lowest BCUT2D eigenvalue weighted by atomic mass is 9.96. The highest BCUT2D eigenvalue weighted by Crippen LogP contribution is 2.33. The van der Waals surface area contributed by atoms with Crippen LogP contribution in [0.2, 0.25) is 0 Å². The van der Waals surface area contributed by atoms with E-state index in [2.05, 4.69) is 79.9 Å². The van der Waals surface area contributed by atoms with Crippen LogP contribution in [0, 0.1) is 6.92 Å². The first kappa shape index (κ1) is 26.5. The molecular weight excluding hydrogens is 526 g/mol. The van der Waals surface area contributed by atoms with Gasteiger partial charge >= 0.3 is 0 Å². The van der Waals surface area contributed by atoms with Crippen LogP contribution in [0.1, 0.15) is 64.9 Å². The largest absolute Gasteiger partial charge is 0.378 e. The molecule has 0 unspecified atom stereocenters. The Hall–Kier alpha value is -3.74. The quantitative estimate of drug-likeness (QED) is 0.319. The van der Waals surface area contributed by atoms with Gasteiger partial charge in [0, 0.05) is 36.5 Å². The van der Waals surface area contributed by atoms with Crippen molar-refractivity contribution in [2.75, 3.05) is 25.1 Å². The predicted molar refractivity (Wildman–Crippen MR) is 153 cm³/mol. The fourth-order valence-electron chi connectivity index (χ4n) is 4.91. The fraction of sp³-hybridized carbons (Fsp3) is 0.429. The highest BCUT2D eigenvalue weighted by atomic mass is 32.1. The number of benzene rings is 1. The molecule has 40 heavy (non-hydrogen) atoms. The molecule has 1 amide bonds. The van der Waals surface area contributed by atoms with Crippen molar-refractivity contribution in [3.05, 3.63) is 63.5 Å². The summed E-state index contributed by atoms with van der Waals surface area (Å²) in [6.07, 6.45) is 4.33. The Morgan fingerprint density at radius 2 is 2.05 bits per heavy atom. The summed E-state index contributed by atoms with van der Waals surface area (Å²) in [5, 5.41) is 23.2. The molecule has 6 rings (SSSR count). The summed E-state index contributed by atoms with van der Waals surface area (Å²) in [6, 6.07) is 8.52. The van der Waals surface area contributed by atoms with Crippen LogP contribution in [-0.2, 0) is 16.7 Å². The van der Waals surface area contributed by atoms with Crippen molar-refractivity contribution in [1.82, 2.24) is 40.6 Å². The smallest absolute Gasteiger partial charge is 0.282 e. The topological polar surface area (TPSA) is 134 Å². The first-order chi connectivity index (χ1) is 19.2. The molecule has 1 saturated heterocycles. The van der Waals surface area contributed by atoms with Gasteiger partial charge in [-0.05, 0) is 36.6 Å². The summed E-state index contributed by atoms with van der Waals surface area (Å²) >= 11 is 1.36. The zero-order valence-electron chi connectivity index (χ0n) is 23.1. The van der Waals surface area contributed by atoms with Gasteiger partial charge in [0.05, 0.1) is 42.4 Å². The highest BCUT2D eigenvalue weighted by Gasteiger charge is 2.32. The Bertz CT molecular complexity index is 1520. The third kappa shape index (κ3) is 5.47. The predicted octanol–water partition coefficient (Wildman–Crippen LogP) is 4.14. The third-order valence-corrected chi connectivity index (χ3v) is 8.68. The number of ether oxygens (including phenoxy) is 1. The summed E-state index contributed by atoms with van der Waals surface area (Å²) in [5.74, 6) is 0.316. The molecule has 0 bridgehead atoms. The number of anilines is 2. The van der Waals surface area contributed by atoms with Crippen LogP contribution in [0.15, 0.2) is 36.7 Å². The van der Waals surface area contributed by atoms with E-state index in [-0.39, 0.29) is 17.4 Å². The zero-order valence-corrected chi connectivity index (χ0v) is 23.9. The normalized spacial score (nSPS) is 18.1. The minimum atomic E-state index is -0.186. The van der Waals surface area contributed by atoms with Crippen LogP contribution in [0.25, 0.3) is 11.3 Å². The molecule has 0 spiro atoms. The van der Waals surface area contributed by atoms with E-state index in [1.165, 1.54) is 16.9 Å². The number of hydrogen-bond acceptors (Lipinski definition) is 10. The van der Waals surface area contributed by atoms with Crippen molar-refractivity contribution in [3.8, 4) is 11.3 Å². The SMILES string of the molecule is Cc1n[nH]cc1Nc1nccc(-c2ccc3c(c2)CN(C2COC2)CC[C@H]3NC(=O)c2nnc(C(C)(C)C)s2)n1. The van der Waals surface area contributed by atoms with Gasteiger partial charge in [-0.3, -0.25) is 14.8 Å². The van der Waals surface area contributed by atoms with Crippen LogP contribution < -0.4 is 10.6 Å². The second-order valence-electron chi connectivity index (χ2n) is 11.3. The molecule has 0 aliphatic carbocycles. The molecule has 0 saturated carbocycles. The lowest BCUT2D eigenvalue weighted by molar-refractivity contribution is -0.0678. The van der Waals surface area contributed by atoms with E-state index >= 15 is 0 Å². The fourth-order valence-corrected chi connectivity index (χ4v) is 5.71. The zero-order chi connectivity index (χ0) is 27.9. The van der Waals surface area contributed by atoms with Gasteiger partial charge in [0.2, 0.25) is 11.0 Å². The van der Waals surface area contributed by atoms with E-state index in [0.717, 1.165) is 65.9 Å². The number of carbonyl (C=O) groups is 1. The first-order valence-corrected chi connectivity index (χ1v) is 14.3. The summed E-state index contributed by atoms with van der Waals surface area (Å²) in [4.78, 5) is 24.9. The minimum Gasteiger partial charge on any atom is -0.378 e. The van der Waals surface area contributed by atoms with Gasteiger partial charge in [0.25, 0.3) is 5.91 Å². The van der Waals surface area contributed by atoms with Crippen molar-refractivity contribution in [1.29, 1.82) is 0 Å². The van der Waals surface area contributed by atoms with Gasteiger partial charge < -0.3 is 15.4 Å². The molecular formula is C28H33N9O2S. The van der Waals surface area contributed by atoms with Crippen molar-refractivity contribution in [2.45, 2.75) is 58.2 Å². The Balaban J connectivity index is 1.28. The molecule has 4 aromatic rings. The number of aryl methyl sites for hydroxylation is 1. The number of aromatic amines is 1. The first-order valence-electron chi connectivity index (χ1n) is 13.4. The van der Waals surface area contributed by atoms with Crippen molar-refractivity contribution >= 4 is 28.9 Å². The lowest BCUT2D eigenvalue weighted by Gasteiger charge is -2.36. The summed E-state index contributed by atoms with van der Waals surface area (Å²) in [5.41, 5.74) is 5.61. The van der Waals surface area contributed by atoms with Gasteiger partial charge in [0.1, 0.15) is 5.01 Å². The van der Waals surface area contributed by atoms with Crippen LogP contribution in [0.3, 0.4) is 0 Å². The van der Waals surface area contributed by atoms with Crippen LogP contribution >= 0.6 is 11.3 Å². The number of nitrogens with one attached hydrogen (secondary N) is 3. The molecule has 2 aliphatic heterocycles. The number of H-pyrrole nitrogens is 1. The van der Waals surface area contributed by atoms with Crippen molar-refractivity contribution in [2.24, 2.45) is 0 Å². The summed E-state index contributed by atoms with van der Waals surface area (Å²) in [6.45, 7) is 11.2.